The van der Waals surface area contributed by atoms with E-state index in [1.165, 1.54) is 24.3 Å². The summed E-state index contributed by atoms with van der Waals surface area (Å²) in [6.45, 7) is 4.59. The molecule has 0 aliphatic rings. The molecule has 0 aliphatic heterocycles. The third kappa shape index (κ3) is 8.61. The van der Waals surface area contributed by atoms with Crippen molar-refractivity contribution in [3.8, 4) is 5.75 Å². The van der Waals surface area contributed by atoms with Gasteiger partial charge in [-0.25, -0.2) is 0 Å². The molecule has 0 unspecified atom stereocenters. The monoisotopic (exact) mass is 738 g/mol. The molecule has 280 valence electrons. The molecule has 0 aliphatic carbocycles. The highest BCUT2D eigenvalue weighted by molar-refractivity contribution is 5.27. The number of rotatable bonds is 19. The minimum absolute atomic E-state index is 0.0215. The quantitative estimate of drug-likeness (QED) is 0.0873. The Morgan fingerprint density at radius 1 is 0.667 bits per heavy atom. The number of aliphatic hydroxyl groups excluding tert-OH is 1. The van der Waals surface area contributed by atoms with Crippen molar-refractivity contribution in [2.45, 2.75) is 100 Å². The number of allylic oxidation sites excluding steroid dienone is 1. The first-order valence-corrected chi connectivity index (χ1v) is 13.8. The molecule has 1 aromatic carbocycles. The summed E-state index contributed by atoms with van der Waals surface area (Å²) in [5, 5.41) is 9.04. The Labute approximate surface area is 263 Å². The molecule has 20 heteroatoms. The smallest absolute Gasteiger partial charge is 0.460 e. The summed E-state index contributed by atoms with van der Waals surface area (Å²) in [7, 11) is 0. The molecule has 3 atom stereocenters. The van der Waals surface area contributed by atoms with Crippen LogP contribution in [0.2, 0.25) is 0 Å². The molecule has 0 bridgehead atoms. The van der Waals surface area contributed by atoms with Gasteiger partial charge in [-0.3, -0.25) is 0 Å². The fourth-order valence-electron chi connectivity index (χ4n) is 3.66. The van der Waals surface area contributed by atoms with E-state index in [2.05, 4.69) is 0 Å². The van der Waals surface area contributed by atoms with E-state index >= 15 is 0 Å². The number of hydrogen-bond donors (Lipinski definition) is 1. The lowest BCUT2D eigenvalue weighted by Crippen LogP contribution is -2.74. The first kappa shape index (κ1) is 43.5. The summed E-state index contributed by atoms with van der Waals surface area (Å²) in [6.07, 6.45) is -7.57. The van der Waals surface area contributed by atoms with E-state index in [1.54, 1.807) is 6.92 Å². The van der Waals surface area contributed by atoms with Crippen LogP contribution in [-0.4, -0.2) is 72.1 Å². The van der Waals surface area contributed by atoms with Gasteiger partial charge in [0.25, 0.3) is 0 Å². The van der Waals surface area contributed by atoms with Crippen LogP contribution in [0, 0.1) is 11.8 Å². The van der Waals surface area contributed by atoms with Crippen molar-refractivity contribution in [2.75, 3.05) is 13.2 Å². The molecule has 3 nitrogen and oxygen atoms in total. The second-order valence-corrected chi connectivity index (χ2v) is 11.1. The lowest BCUT2D eigenvalue weighted by Gasteiger charge is -2.42. The lowest BCUT2D eigenvalue weighted by molar-refractivity contribution is -0.461. The summed E-state index contributed by atoms with van der Waals surface area (Å²) >= 11 is 0. The molecular formula is C28H31F17O3. The van der Waals surface area contributed by atoms with Gasteiger partial charge in [-0.05, 0) is 49.3 Å². The zero-order valence-electron chi connectivity index (χ0n) is 25.1. The van der Waals surface area contributed by atoms with E-state index < -0.39 is 67.1 Å². The SMILES string of the molecule is C[C@@H](CO)C/C=C/[C@@H](C)[C@@H](C)OCc1ccc(OCCCC(F)(F)C(F)(F)C(F)(F)C(F)(F)C(F)(F)C(F)(F)C(F)(F)C(F)(F)F)cc1. The number of aliphatic hydroxyl groups is 1. The molecule has 0 spiro atoms. The molecule has 0 saturated carbocycles. The van der Waals surface area contributed by atoms with E-state index in [1.807, 2.05) is 26.0 Å². The Bertz CT molecular complexity index is 1180. The normalized spacial score (nSPS) is 16.7. The van der Waals surface area contributed by atoms with E-state index in [9.17, 15) is 74.6 Å². The average molecular weight is 739 g/mol. The first-order chi connectivity index (χ1) is 21.5. The predicted molar refractivity (Wildman–Crippen MR) is 135 cm³/mol. The topological polar surface area (TPSA) is 38.7 Å². The van der Waals surface area contributed by atoms with Crippen molar-refractivity contribution in [1.29, 1.82) is 0 Å². The van der Waals surface area contributed by atoms with Gasteiger partial charge in [0, 0.05) is 13.0 Å². The fraction of sp³-hybridized carbons (Fsp3) is 0.714. The van der Waals surface area contributed by atoms with E-state index in [0.29, 0.717) is 12.0 Å². The standard InChI is InChI=1S/C28H31F17O3/c1-16(14-46)6-4-7-17(2)18(3)48-15-19-8-10-20(11-9-19)47-13-5-12-21(29,30)22(31,32)23(33,34)24(35,36)25(37,38)26(39,40)27(41,42)28(43,44)45/h4,7-11,16-18,46H,5-6,12-15H2,1-3H3/b7-4+/t16-,17-,18-/m1/s1. The predicted octanol–water partition coefficient (Wildman–Crippen LogP) is 9.97. The van der Waals surface area contributed by atoms with Crippen molar-refractivity contribution in [3.05, 3.63) is 42.0 Å². The summed E-state index contributed by atoms with van der Waals surface area (Å²) in [5.41, 5.74) is 0.559. The molecule has 0 radical (unpaired) electrons. The van der Waals surface area contributed by atoms with E-state index in [0.717, 1.165) is 0 Å². The van der Waals surface area contributed by atoms with Crippen LogP contribution < -0.4 is 4.74 Å². The highest BCUT2D eigenvalue weighted by Gasteiger charge is 2.95. The van der Waals surface area contributed by atoms with Gasteiger partial charge in [0.1, 0.15) is 5.75 Å². The number of halogens is 17. The Morgan fingerprint density at radius 3 is 1.58 bits per heavy atom. The van der Waals surface area contributed by atoms with Crippen LogP contribution in [0.3, 0.4) is 0 Å². The molecule has 48 heavy (non-hydrogen) atoms. The summed E-state index contributed by atoms with van der Waals surface area (Å²) in [6, 6.07) is 5.27. The lowest BCUT2D eigenvalue weighted by atomic mass is 9.88. The van der Waals surface area contributed by atoms with Gasteiger partial charge < -0.3 is 14.6 Å². The zero-order valence-corrected chi connectivity index (χ0v) is 25.1. The third-order valence-corrected chi connectivity index (χ3v) is 7.16. The molecule has 0 amide bonds. The molecule has 0 saturated heterocycles. The third-order valence-electron chi connectivity index (χ3n) is 7.16. The van der Waals surface area contributed by atoms with E-state index in [-0.39, 0.29) is 36.9 Å². The Balaban J connectivity index is 2.89. The molecule has 1 rings (SSSR count). The largest absolute Gasteiger partial charge is 0.494 e. The Morgan fingerprint density at radius 2 is 1.12 bits per heavy atom. The minimum atomic E-state index is -8.64. The van der Waals surface area contributed by atoms with Gasteiger partial charge in [0.2, 0.25) is 0 Å². The average Bonchev–Trinajstić information content (AvgIpc) is 2.97. The van der Waals surface area contributed by atoms with Crippen LogP contribution in [0.5, 0.6) is 5.75 Å². The molecule has 0 fully saturated rings. The van der Waals surface area contributed by atoms with Gasteiger partial charge in [0.05, 0.1) is 19.3 Å². The fourth-order valence-corrected chi connectivity index (χ4v) is 3.66. The zero-order chi connectivity index (χ0) is 37.8. The maximum atomic E-state index is 14.0. The van der Waals surface area contributed by atoms with Crippen LogP contribution >= 0.6 is 0 Å². The second kappa shape index (κ2) is 15.2. The Hall–Kier alpha value is -2.51. The minimum Gasteiger partial charge on any atom is -0.494 e. The number of benzene rings is 1. The molecular weight excluding hydrogens is 707 g/mol. The molecule has 0 aromatic heterocycles. The van der Waals surface area contributed by atoms with Crippen molar-refractivity contribution >= 4 is 0 Å². The van der Waals surface area contributed by atoms with Crippen LogP contribution in [0.25, 0.3) is 0 Å². The summed E-state index contributed by atoms with van der Waals surface area (Å²) < 4.78 is 238. The van der Waals surface area contributed by atoms with Gasteiger partial charge in [-0.2, -0.15) is 74.6 Å². The van der Waals surface area contributed by atoms with Crippen molar-refractivity contribution in [2.24, 2.45) is 11.8 Å². The van der Waals surface area contributed by atoms with E-state index in [4.69, 9.17) is 14.6 Å². The number of ether oxygens (including phenoxy) is 2. The van der Waals surface area contributed by atoms with Gasteiger partial charge >= 0.3 is 47.6 Å². The first-order valence-electron chi connectivity index (χ1n) is 13.8. The summed E-state index contributed by atoms with van der Waals surface area (Å²) in [4.78, 5) is 0. The highest BCUT2D eigenvalue weighted by Crippen LogP contribution is 2.64. The Kier molecular flexibility index (Phi) is 13.7. The van der Waals surface area contributed by atoms with Crippen molar-refractivity contribution in [3.63, 3.8) is 0 Å². The van der Waals surface area contributed by atoms with Crippen molar-refractivity contribution < 1.29 is 89.2 Å². The van der Waals surface area contributed by atoms with Crippen LogP contribution in [0.1, 0.15) is 45.6 Å². The van der Waals surface area contributed by atoms with Crippen LogP contribution in [-0.2, 0) is 11.3 Å². The van der Waals surface area contributed by atoms with Crippen molar-refractivity contribution in [1.82, 2.24) is 0 Å². The number of alkyl halides is 17. The highest BCUT2D eigenvalue weighted by atomic mass is 19.4. The van der Waals surface area contributed by atoms with Gasteiger partial charge in [-0.15, -0.1) is 0 Å². The second-order valence-electron chi connectivity index (χ2n) is 11.1. The molecule has 1 aromatic rings. The van der Waals surface area contributed by atoms with Crippen LogP contribution in [0.15, 0.2) is 36.4 Å². The maximum absolute atomic E-state index is 14.0. The van der Waals surface area contributed by atoms with Crippen LogP contribution in [0.4, 0.5) is 74.6 Å². The molecule has 0 heterocycles. The van der Waals surface area contributed by atoms with Gasteiger partial charge in [0.15, 0.2) is 0 Å². The summed E-state index contributed by atoms with van der Waals surface area (Å²) in [5.74, 6) is -56.4. The molecule has 1 N–H and O–H groups in total. The number of hydrogen-bond acceptors (Lipinski definition) is 3. The maximum Gasteiger partial charge on any atom is 0.460 e. The van der Waals surface area contributed by atoms with Gasteiger partial charge in [-0.1, -0.05) is 38.1 Å².